The first-order valence-electron chi connectivity index (χ1n) is 9.42. The number of carbonyl (C=O) groups is 1. The van der Waals surface area contributed by atoms with Crippen molar-refractivity contribution in [1.29, 1.82) is 0 Å². The molecule has 0 bridgehead atoms. The van der Waals surface area contributed by atoms with Gasteiger partial charge >= 0.3 is 0 Å². The van der Waals surface area contributed by atoms with Gasteiger partial charge in [-0.15, -0.1) is 0 Å². The molecule has 0 radical (unpaired) electrons. The third-order valence-electron chi connectivity index (χ3n) is 5.26. The molecule has 1 N–H and O–H groups in total. The van der Waals surface area contributed by atoms with Crippen LogP contribution >= 0.6 is 0 Å². The molecule has 0 saturated carbocycles. The van der Waals surface area contributed by atoms with Gasteiger partial charge in [0.1, 0.15) is 11.9 Å². The maximum absolute atomic E-state index is 13.3. The number of fused-ring (bicyclic) bond motifs is 2. The molecule has 0 spiro atoms. The molecule has 1 atom stereocenters. The quantitative estimate of drug-likeness (QED) is 0.863. The summed E-state index contributed by atoms with van der Waals surface area (Å²) >= 11 is 0. The minimum Gasteiger partial charge on any atom is -0.336 e. The Morgan fingerprint density at radius 3 is 2.50 bits per heavy atom. The molecule has 0 unspecified atom stereocenters. The van der Waals surface area contributed by atoms with Crippen LogP contribution in [-0.4, -0.2) is 37.6 Å². The Morgan fingerprint density at radius 2 is 1.75 bits per heavy atom. The van der Waals surface area contributed by atoms with E-state index in [2.05, 4.69) is 15.8 Å². The summed E-state index contributed by atoms with van der Waals surface area (Å²) in [4.78, 5) is 19.9. The number of amidine groups is 1. The number of rotatable bonds is 3. The Morgan fingerprint density at radius 1 is 1.07 bits per heavy atom. The van der Waals surface area contributed by atoms with Gasteiger partial charge in [-0.1, -0.05) is 50.2 Å². The lowest BCUT2D eigenvalue weighted by atomic mass is 9.97. The number of benzene rings is 2. The fourth-order valence-electron chi connectivity index (χ4n) is 3.73. The number of hydrogen-bond donors (Lipinski definition) is 1. The van der Waals surface area contributed by atoms with Crippen molar-refractivity contribution in [2.45, 2.75) is 37.8 Å². The average molecular weight is 398 g/mol. The van der Waals surface area contributed by atoms with Gasteiger partial charge < -0.3 is 4.90 Å². The highest BCUT2D eigenvalue weighted by atomic mass is 32.2. The maximum atomic E-state index is 13.3. The maximum Gasteiger partial charge on any atom is 0.263 e. The second kappa shape index (κ2) is 7.05. The molecule has 6 nitrogen and oxygen atoms in total. The molecular weight excluding hydrogens is 374 g/mol. The van der Waals surface area contributed by atoms with Gasteiger partial charge in [-0.05, 0) is 35.6 Å². The van der Waals surface area contributed by atoms with Gasteiger partial charge in [-0.25, -0.2) is 8.42 Å². The molecular formula is C21H23N3O3S. The van der Waals surface area contributed by atoms with Gasteiger partial charge in [0.2, 0.25) is 5.91 Å². The Kier molecular flexibility index (Phi) is 4.71. The summed E-state index contributed by atoms with van der Waals surface area (Å²) in [6.07, 6.45) is 0.818. The van der Waals surface area contributed by atoms with Crippen molar-refractivity contribution in [3.8, 4) is 0 Å². The summed E-state index contributed by atoms with van der Waals surface area (Å²) in [6, 6.07) is 14.2. The highest BCUT2D eigenvalue weighted by Gasteiger charge is 2.34. The van der Waals surface area contributed by atoms with Crippen LogP contribution in [0.1, 0.15) is 30.5 Å². The molecule has 0 aromatic heterocycles. The van der Waals surface area contributed by atoms with E-state index >= 15 is 0 Å². The number of hydrogen-bond acceptors (Lipinski definition) is 4. The predicted molar refractivity (Wildman–Crippen MR) is 107 cm³/mol. The van der Waals surface area contributed by atoms with Gasteiger partial charge in [0.25, 0.3) is 10.0 Å². The monoisotopic (exact) mass is 397 g/mol. The lowest BCUT2D eigenvalue weighted by molar-refractivity contribution is -0.134. The smallest absolute Gasteiger partial charge is 0.263 e. The van der Waals surface area contributed by atoms with Crippen LogP contribution in [0.5, 0.6) is 0 Å². The zero-order valence-electron chi connectivity index (χ0n) is 15.9. The number of nitrogens with zero attached hydrogens (tertiary/aromatic N) is 2. The first kappa shape index (κ1) is 18.7. The van der Waals surface area contributed by atoms with E-state index in [1.807, 2.05) is 36.9 Å². The summed E-state index contributed by atoms with van der Waals surface area (Å²) < 4.78 is 27.2. The van der Waals surface area contributed by atoms with E-state index in [9.17, 15) is 13.2 Å². The van der Waals surface area contributed by atoms with Crippen LogP contribution in [0.2, 0.25) is 0 Å². The Hall–Kier alpha value is -2.67. The summed E-state index contributed by atoms with van der Waals surface area (Å²) in [6.45, 7) is 5.07. The second-order valence-electron chi connectivity index (χ2n) is 7.55. The van der Waals surface area contributed by atoms with Crippen molar-refractivity contribution in [3.63, 3.8) is 0 Å². The molecule has 1 amide bonds. The second-order valence-corrected chi connectivity index (χ2v) is 9.20. The molecule has 2 heterocycles. The van der Waals surface area contributed by atoms with E-state index in [1.54, 1.807) is 24.3 Å². The van der Waals surface area contributed by atoms with Crippen molar-refractivity contribution in [2.24, 2.45) is 10.9 Å². The molecule has 2 aliphatic heterocycles. The van der Waals surface area contributed by atoms with E-state index in [1.165, 1.54) is 5.56 Å². The Bertz CT molecular complexity index is 1060. The summed E-state index contributed by atoms with van der Waals surface area (Å²) in [5.74, 6) is 0.120. The normalized spacial score (nSPS) is 19.8. The molecule has 2 aromatic rings. The van der Waals surface area contributed by atoms with E-state index in [-0.39, 0.29) is 22.6 Å². The van der Waals surface area contributed by atoms with Crippen LogP contribution in [0.4, 0.5) is 0 Å². The third-order valence-corrected chi connectivity index (χ3v) is 6.65. The number of carbonyl (C=O) groups excluding carboxylic acids is 1. The van der Waals surface area contributed by atoms with Gasteiger partial charge in [-0.3, -0.25) is 14.5 Å². The van der Waals surface area contributed by atoms with Gasteiger partial charge in [0.15, 0.2) is 0 Å². The van der Waals surface area contributed by atoms with Crippen LogP contribution in [0.15, 0.2) is 58.4 Å². The van der Waals surface area contributed by atoms with E-state index in [0.29, 0.717) is 18.7 Å². The zero-order valence-corrected chi connectivity index (χ0v) is 16.7. The first-order chi connectivity index (χ1) is 13.4. The van der Waals surface area contributed by atoms with Crippen LogP contribution in [-0.2, 0) is 27.8 Å². The van der Waals surface area contributed by atoms with Crippen molar-refractivity contribution in [1.82, 2.24) is 9.62 Å². The number of sulfonamides is 1. The summed E-state index contributed by atoms with van der Waals surface area (Å²) in [5, 5.41) is 0. The molecule has 0 fully saturated rings. The Balaban J connectivity index is 1.64. The highest BCUT2D eigenvalue weighted by Crippen LogP contribution is 2.25. The molecule has 4 rings (SSSR count). The largest absolute Gasteiger partial charge is 0.336 e. The molecule has 0 saturated heterocycles. The lowest BCUT2D eigenvalue weighted by Gasteiger charge is -2.32. The molecule has 2 aliphatic rings. The van der Waals surface area contributed by atoms with Gasteiger partial charge in [-0.2, -0.15) is 0 Å². The van der Waals surface area contributed by atoms with Crippen molar-refractivity contribution in [3.05, 3.63) is 65.2 Å². The molecule has 2 aromatic carbocycles. The average Bonchev–Trinajstić information content (AvgIpc) is 2.95. The topological polar surface area (TPSA) is 78.8 Å². The molecule has 146 valence electrons. The predicted octanol–water partition coefficient (Wildman–Crippen LogP) is 2.33. The fourth-order valence-corrected chi connectivity index (χ4v) is 4.97. The standard InChI is InChI=1S/C21H23N3O3S/c1-14(2)19(21(25)24-12-11-15-7-3-4-8-16(15)13-24)22-20-17-9-5-6-10-18(17)28(26,27)23-20/h3-10,14,19H,11-13H2,1-2H3,(H,22,23)/t19-/m1/s1. The molecule has 0 aliphatic carbocycles. The van der Waals surface area contributed by atoms with E-state index < -0.39 is 16.1 Å². The van der Waals surface area contributed by atoms with E-state index in [0.717, 1.165) is 12.0 Å². The van der Waals surface area contributed by atoms with Crippen molar-refractivity contribution >= 4 is 21.8 Å². The van der Waals surface area contributed by atoms with Crippen LogP contribution in [0.25, 0.3) is 0 Å². The minimum atomic E-state index is -3.62. The Labute approximate surface area is 165 Å². The number of amides is 1. The fraction of sp³-hybridized carbons (Fsp3) is 0.333. The third kappa shape index (κ3) is 3.30. The SMILES string of the molecule is CC(C)[C@@H](N=C1NS(=O)(=O)c2ccccc21)C(=O)N1CCc2ccccc2C1. The first-order valence-corrected chi connectivity index (χ1v) is 10.9. The van der Waals surface area contributed by atoms with Crippen molar-refractivity contribution in [2.75, 3.05) is 6.54 Å². The molecule has 7 heteroatoms. The van der Waals surface area contributed by atoms with Crippen LogP contribution in [0, 0.1) is 5.92 Å². The van der Waals surface area contributed by atoms with Crippen LogP contribution < -0.4 is 4.72 Å². The lowest BCUT2D eigenvalue weighted by Crippen LogP contribution is -2.44. The van der Waals surface area contributed by atoms with Crippen LogP contribution in [0.3, 0.4) is 0 Å². The van der Waals surface area contributed by atoms with E-state index in [4.69, 9.17) is 0 Å². The zero-order chi connectivity index (χ0) is 19.9. The van der Waals surface area contributed by atoms with Gasteiger partial charge in [0.05, 0.1) is 4.90 Å². The number of nitrogens with one attached hydrogen (secondary N) is 1. The van der Waals surface area contributed by atoms with Gasteiger partial charge in [0, 0.05) is 18.7 Å². The van der Waals surface area contributed by atoms with Crippen molar-refractivity contribution < 1.29 is 13.2 Å². The molecule has 28 heavy (non-hydrogen) atoms. The highest BCUT2D eigenvalue weighted by molar-refractivity contribution is 7.90. The summed E-state index contributed by atoms with van der Waals surface area (Å²) in [5.41, 5.74) is 2.95. The number of aliphatic imine (C=N–C) groups is 1. The minimum absolute atomic E-state index is 0.0607. The summed E-state index contributed by atoms with van der Waals surface area (Å²) in [7, 11) is -3.62.